The van der Waals surface area contributed by atoms with Gasteiger partial charge in [0, 0.05) is 12.0 Å². The van der Waals surface area contributed by atoms with Crippen molar-refractivity contribution in [2.75, 3.05) is 0 Å². The van der Waals surface area contributed by atoms with Crippen LogP contribution in [0.3, 0.4) is 0 Å². The van der Waals surface area contributed by atoms with Crippen molar-refractivity contribution in [1.29, 1.82) is 0 Å². The lowest BCUT2D eigenvalue weighted by Gasteiger charge is -2.26. The topological polar surface area (TPSA) is 208 Å². The molecule has 242 valence electrons. The molecule has 0 radical (unpaired) electrons. The molecule has 2 aromatic rings. The van der Waals surface area contributed by atoms with E-state index in [-0.39, 0.29) is 24.1 Å². The molecule has 0 aliphatic carbocycles. The summed E-state index contributed by atoms with van der Waals surface area (Å²) in [6.45, 7) is 4.48. The summed E-state index contributed by atoms with van der Waals surface area (Å²) in [5.74, 6) is -7.34. The van der Waals surface area contributed by atoms with E-state index in [0.29, 0.717) is 12.8 Å². The first-order valence-corrected chi connectivity index (χ1v) is 14.4. The highest BCUT2D eigenvalue weighted by atomic mass is 16.4. The number of nitrogens with one attached hydrogen (secondary N) is 4. The van der Waals surface area contributed by atoms with Crippen molar-refractivity contribution in [2.24, 2.45) is 5.92 Å². The molecular formula is C32H40N4O9. The van der Waals surface area contributed by atoms with Crippen molar-refractivity contribution in [2.45, 2.75) is 77.0 Å². The van der Waals surface area contributed by atoms with Crippen LogP contribution in [0.4, 0.5) is 0 Å². The molecule has 6 N–H and O–H groups in total. The molecule has 13 nitrogen and oxygen atoms in total. The number of aryl methyl sites for hydroxylation is 1. The van der Waals surface area contributed by atoms with E-state index in [0.717, 1.165) is 17.7 Å². The second kappa shape index (κ2) is 17.9. The second-order valence-corrected chi connectivity index (χ2v) is 10.8. The second-order valence-electron chi connectivity index (χ2n) is 10.8. The lowest BCUT2D eigenvalue weighted by molar-refractivity contribution is -0.141. The maximum Gasteiger partial charge on any atom is 0.305 e. The third kappa shape index (κ3) is 12.6. The number of amides is 4. The van der Waals surface area contributed by atoms with E-state index in [4.69, 9.17) is 2.74 Å². The van der Waals surface area contributed by atoms with Gasteiger partial charge in [0.05, 0.1) is 21.6 Å². The minimum Gasteiger partial charge on any atom is -0.481 e. The summed E-state index contributed by atoms with van der Waals surface area (Å²) in [7, 11) is 0. The molecule has 0 aliphatic heterocycles. The zero-order valence-electron chi connectivity index (χ0n) is 27.3. The third-order valence-corrected chi connectivity index (χ3v) is 6.72. The first-order valence-electron chi connectivity index (χ1n) is 15.4. The Kier molecular flexibility index (Phi) is 13.1. The van der Waals surface area contributed by atoms with Gasteiger partial charge in [0.15, 0.2) is 5.78 Å². The average molecular weight is 627 g/mol. The van der Waals surface area contributed by atoms with Crippen LogP contribution in [0.15, 0.2) is 60.6 Å². The standard InChI is InChI=1S/C32H40N4O9/c1-19(2)28(32(45)34-23(17-26(38)39)25(37)16-10-13-21-11-6-4-7-12-21)36-29(42)20(3)33-31(44)24(18-27(40)41)35-30(43)22-14-8-5-9-15-22/h4-9,11-12,14-15,19-20,23-24,28H,10,13,16-18H2,1-3H3,(H,33,44)(H,34,45)(H,35,43)(H,36,42)(H,38,39)(H,40,41)/t20-,23-,24-,28-/m0/s1/i8D,9D. The molecule has 13 heteroatoms. The Morgan fingerprint density at radius 1 is 0.711 bits per heavy atom. The number of rotatable bonds is 18. The number of hydrogen-bond acceptors (Lipinski definition) is 7. The predicted octanol–water partition coefficient (Wildman–Crippen LogP) is 1.46. The maximum atomic E-state index is 13.2. The van der Waals surface area contributed by atoms with Crippen LogP contribution in [-0.2, 0) is 35.2 Å². The Morgan fingerprint density at radius 2 is 1.31 bits per heavy atom. The minimum atomic E-state index is -1.63. The highest BCUT2D eigenvalue weighted by Crippen LogP contribution is 2.10. The lowest BCUT2D eigenvalue weighted by atomic mass is 9.99. The summed E-state index contributed by atoms with van der Waals surface area (Å²) >= 11 is 0. The zero-order chi connectivity index (χ0) is 35.3. The molecule has 4 amide bonds. The molecule has 0 aliphatic rings. The van der Waals surface area contributed by atoms with Gasteiger partial charge in [0.2, 0.25) is 17.7 Å². The Balaban J connectivity index is 2.06. The average Bonchev–Trinajstić information content (AvgIpc) is 2.98. The number of hydrogen-bond donors (Lipinski definition) is 6. The summed E-state index contributed by atoms with van der Waals surface area (Å²) in [4.78, 5) is 87.6. The highest BCUT2D eigenvalue weighted by molar-refractivity contribution is 6.00. The molecule has 0 heterocycles. The highest BCUT2D eigenvalue weighted by Gasteiger charge is 2.32. The smallest absolute Gasteiger partial charge is 0.305 e. The predicted molar refractivity (Wildman–Crippen MR) is 163 cm³/mol. The molecule has 0 fully saturated rings. The van der Waals surface area contributed by atoms with Crippen LogP contribution in [0.2, 0.25) is 0 Å². The van der Waals surface area contributed by atoms with Crippen molar-refractivity contribution in [3.8, 4) is 0 Å². The van der Waals surface area contributed by atoms with Gasteiger partial charge < -0.3 is 31.5 Å². The van der Waals surface area contributed by atoms with Crippen LogP contribution in [0.1, 0.15) is 65.1 Å². The number of aliphatic carboxylic acids is 2. The van der Waals surface area contributed by atoms with Gasteiger partial charge in [-0.3, -0.25) is 33.6 Å². The first kappa shape index (κ1) is 32.8. The van der Waals surface area contributed by atoms with Crippen LogP contribution in [0, 0.1) is 5.92 Å². The number of Topliss-reactive ketones (excluding diaryl/α,β-unsaturated/α-hetero) is 1. The quantitative estimate of drug-likeness (QED) is 0.141. The summed E-state index contributed by atoms with van der Waals surface area (Å²) in [6.07, 6.45) is -0.478. The van der Waals surface area contributed by atoms with E-state index < -0.39 is 84.3 Å². The Bertz CT molecular complexity index is 1450. The fraction of sp³-hybridized carbons (Fsp3) is 0.406. The third-order valence-electron chi connectivity index (χ3n) is 6.72. The van der Waals surface area contributed by atoms with E-state index >= 15 is 0 Å². The first-order chi connectivity index (χ1) is 22.1. The summed E-state index contributed by atoms with van der Waals surface area (Å²) < 4.78 is 15.3. The van der Waals surface area contributed by atoms with Crippen molar-refractivity contribution in [1.82, 2.24) is 21.3 Å². The fourth-order valence-corrected chi connectivity index (χ4v) is 4.27. The van der Waals surface area contributed by atoms with Gasteiger partial charge >= 0.3 is 11.9 Å². The Labute approximate surface area is 264 Å². The normalized spacial score (nSPS) is 14.0. The van der Waals surface area contributed by atoms with Crippen LogP contribution in [0.5, 0.6) is 0 Å². The number of ketones is 1. The number of carboxylic acid groups (broad SMARTS) is 2. The van der Waals surface area contributed by atoms with Crippen molar-refractivity contribution in [3.05, 3.63) is 71.7 Å². The number of carbonyl (C=O) groups is 7. The van der Waals surface area contributed by atoms with Gasteiger partial charge in [-0.1, -0.05) is 62.3 Å². The van der Waals surface area contributed by atoms with Crippen LogP contribution in [0.25, 0.3) is 0 Å². The SMILES string of the molecule is [2H]c1cc([2H])cc(C(=O)N[C@@H](CC(=O)O)C(=O)N[C@@H](C)C(=O)N[C@H](C(=O)N[C@@H](CC(=O)O)C(=O)CCCc2ccccc2)C(C)C)c1. The molecule has 0 aromatic heterocycles. The molecule has 0 spiro atoms. The molecule has 45 heavy (non-hydrogen) atoms. The van der Waals surface area contributed by atoms with E-state index in [2.05, 4.69) is 21.3 Å². The minimum absolute atomic E-state index is 0.0156. The number of carboxylic acids is 2. The van der Waals surface area contributed by atoms with Gasteiger partial charge in [-0.25, -0.2) is 0 Å². The Hall–Kier alpha value is -5.07. The van der Waals surface area contributed by atoms with Crippen LogP contribution in [-0.4, -0.2) is 75.7 Å². The van der Waals surface area contributed by atoms with Crippen molar-refractivity contribution in [3.63, 3.8) is 0 Å². The lowest BCUT2D eigenvalue weighted by Crippen LogP contribution is -2.58. The number of benzene rings is 2. The van der Waals surface area contributed by atoms with E-state index in [1.807, 2.05) is 30.3 Å². The zero-order valence-corrected chi connectivity index (χ0v) is 25.3. The van der Waals surface area contributed by atoms with Gasteiger partial charge in [-0.15, -0.1) is 0 Å². The van der Waals surface area contributed by atoms with Crippen molar-refractivity contribution < 1.29 is 46.5 Å². The van der Waals surface area contributed by atoms with E-state index in [9.17, 15) is 43.8 Å². The summed E-state index contributed by atoms with van der Waals surface area (Å²) in [5, 5.41) is 28.1. The van der Waals surface area contributed by atoms with Gasteiger partial charge in [0.25, 0.3) is 5.91 Å². The van der Waals surface area contributed by atoms with Crippen molar-refractivity contribution >= 4 is 41.4 Å². The van der Waals surface area contributed by atoms with Gasteiger partial charge in [-0.05, 0) is 43.4 Å². The van der Waals surface area contributed by atoms with Gasteiger partial charge in [0.1, 0.15) is 18.1 Å². The van der Waals surface area contributed by atoms with E-state index in [1.54, 1.807) is 13.8 Å². The molecule has 0 saturated carbocycles. The van der Waals surface area contributed by atoms with Gasteiger partial charge in [-0.2, -0.15) is 0 Å². The molecule has 4 atom stereocenters. The largest absolute Gasteiger partial charge is 0.481 e. The summed E-state index contributed by atoms with van der Waals surface area (Å²) in [5.41, 5.74) is 0.861. The fourth-order valence-electron chi connectivity index (χ4n) is 4.27. The molecular weight excluding hydrogens is 584 g/mol. The molecule has 0 bridgehead atoms. The van der Waals surface area contributed by atoms with E-state index in [1.165, 1.54) is 13.0 Å². The number of carbonyl (C=O) groups excluding carboxylic acids is 5. The molecule has 2 rings (SSSR count). The van der Waals surface area contributed by atoms with Crippen LogP contribution < -0.4 is 21.3 Å². The monoisotopic (exact) mass is 626 g/mol. The molecule has 0 saturated heterocycles. The molecule has 2 aromatic carbocycles. The summed E-state index contributed by atoms with van der Waals surface area (Å²) in [6, 6.07) is 7.02. The Morgan fingerprint density at radius 3 is 1.89 bits per heavy atom. The maximum absolute atomic E-state index is 13.2. The van der Waals surface area contributed by atoms with Crippen LogP contribution >= 0.6 is 0 Å². The molecule has 0 unspecified atom stereocenters.